The highest BCUT2D eigenvalue weighted by atomic mass is 16.5. The van der Waals surface area contributed by atoms with Gasteiger partial charge in [-0.25, -0.2) is 5.43 Å². The molecule has 0 aromatic heterocycles. The van der Waals surface area contributed by atoms with Crippen LogP contribution < -0.4 is 16.2 Å². The smallest absolute Gasteiger partial charge is 0.242 e. The van der Waals surface area contributed by atoms with Crippen molar-refractivity contribution in [2.24, 2.45) is 0 Å². The van der Waals surface area contributed by atoms with Crippen LogP contribution in [0.3, 0.4) is 0 Å². The van der Waals surface area contributed by atoms with Crippen molar-refractivity contribution in [2.45, 2.75) is 32.0 Å². The molecule has 1 amide bonds. The number of anilines is 1. The van der Waals surface area contributed by atoms with Gasteiger partial charge in [-0.15, -0.1) is 0 Å². The monoisotopic (exact) mass is 304 g/mol. The van der Waals surface area contributed by atoms with Gasteiger partial charge in [-0.3, -0.25) is 15.1 Å². The van der Waals surface area contributed by atoms with Crippen molar-refractivity contribution in [2.75, 3.05) is 31.6 Å². The standard InChI is InChI=1S/C16H24N4O2/c1-12-10-15(19-18-12)16(21)17-14-4-2-13(3-5-14)11-20-6-8-22-9-7-20/h2-5,12,15,18-19H,6-11H2,1H3,(H,17,21). The number of benzene rings is 1. The van der Waals surface area contributed by atoms with Crippen LogP contribution in [0.25, 0.3) is 0 Å². The molecule has 0 saturated carbocycles. The Morgan fingerprint density at radius 2 is 2.00 bits per heavy atom. The van der Waals surface area contributed by atoms with Crippen molar-refractivity contribution < 1.29 is 9.53 Å². The quantitative estimate of drug-likeness (QED) is 0.765. The van der Waals surface area contributed by atoms with Crippen molar-refractivity contribution in [1.82, 2.24) is 15.8 Å². The second-order valence-electron chi connectivity index (χ2n) is 6.05. The second-order valence-corrected chi connectivity index (χ2v) is 6.05. The number of carbonyl (C=O) groups is 1. The van der Waals surface area contributed by atoms with Gasteiger partial charge in [0, 0.05) is 31.4 Å². The van der Waals surface area contributed by atoms with E-state index in [9.17, 15) is 4.79 Å². The van der Waals surface area contributed by atoms with E-state index in [1.165, 1.54) is 5.56 Å². The first-order valence-corrected chi connectivity index (χ1v) is 7.91. The molecule has 2 saturated heterocycles. The van der Waals surface area contributed by atoms with E-state index in [4.69, 9.17) is 4.74 Å². The molecule has 0 spiro atoms. The maximum Gasteiger partial charge on any atom is 0.242 e. The molecule has 2 aliphatic heterocycles. The minimum absolute atomic E-state index is 0.0118. The van der Waals surface area contributed by atoms with Gasteiger partial charge in [0.1, 0.15) is 6.04 Å². The molecule has 6 nitrogen and oxygen atoms in total. The van der Waals surface area contributed by atoms with Crippen LogP contribution >= 0.6 is 0 Å². The summed E-state index contributed by atoms with van der Waals surface area (Å²) in [6.07, 6.45) is 0.806. The van der Waals surface area contributed by atoms with Gasteiger partial charge in [0.05, 0.1) is 13.2 Å². The van der Waals surface area contributed by atoms with Crippen LogP contribution in [-0.4, -0.2) is 49.2 Å². The molecule has 22 heavy (non-hydrogen) atoms. The summed E-state index contributed by atoms with van der Waals surface area (Å²) in [5.74, 6) is 0.0118. The lowest BCUT2D eigenvalue weighted by Gasteiger charge is -2.26. The highest BCUT2D eigenvalue weighted by molar-refractivity contribution is 5.95. The molecule has 120 valence electrons. The van der Waals surface area contributed by atoms with Crippen LogP contribution in [0.4, 0.5) is 5.69 Å². The Balaban J connectivity index is 1.51. The van der Waals surface area contributed by atoms with Gasteiger partial charge in [0.15, 0.2) is 0 Å². The summed E-state index contributed by atoms with van der Waals surface area (Å²) < 4.78 is 5.36. The zero-order chi connectivity index (χ0) is 15.4. The maximum atomic E-state index is 12.1. The Morgan fingerprint density at radius 3 is 2.64 bits per heavy atom. The Labute approximate surface area is 131 Å². The predicted molar refractivity (Wildman–Crippen MR) is 85.3 cm³/mol. The lowest BCUT2D eigenvalue weighted by atomic mass is 10.1. The number of nitrogens with zero attached hydrogens (tertiary/aromatic N) is 1. The molecule has 0 aliphatic carbocycles. The largest absolute Gasteiger partial charge is 0.379 e. The van der Waals surface area contributed by atoms with Gasteiger partial charge >= 0.3 is 0 Å². The number of nitrogens with one attached hydrogen (secondary N) is 3. The molecule has 2 heterocycles. The third kappa shape index (κ3) is 4.04. The predicted octanol–water partition coefficient (Wildman–Crippen LogP) is 0.712. The van der Waals surface area contributed by atoms with E-state index in [1.807, 2.05) is 12.1 Å². The van der Waals surface area contributed by atoms with E-state index < -0.39 is 0 Å². The van der Waals surface area contributed by atoms with E-state index in [0.717, 1.165) is 45.0 Å². The summed E-state index contributed by atoms with van der Waals surface area (Å²) in [6, 6.07) is 8.26. The average Bonchev–Trinajstić information content (AvgIpc) is 2.97. The van der Waals surface area contributed by atoms with Gasteiger partial charge < -0.3 is 10.1 Å². The van der Waals surface area contributed by atoms with Crippen molar-refractivity contribution in [3.63, 3.8) is 0 Å². The van der Waals surface area contributed by atoms with Crippen LogP contribution in [-0.2, 0) is 16.1 Å². The van der Waals surface area contributed by atoms with Gasteiger partial charge in [-0.05, 0) is 31.0 Å². The molecule has 0 bridgehead atoms. The molecule has 2 fully saturated rings. The number of hydrogen-bond acceptors (Lipinski definition) is 5. The fourth-order valence-corrected chi connectivity index (χ4v) is 2.83. The van der Waals surface area contributed by atoms with Gasteiger partial charge in [-0.2, -0.15) is 0 Å². The van der Waals surface area contributed by atoms with Crippen molar-refractivity contribution >= 4 is 11.6 Å². The first kappa shape index (κ1) is 15.4. The van der Waals surface area contributed by atoms with Gasteiger partial charge in [0.25, 0.3) is 0 Å². The normalized spacial score (nSPS) is 26.0. The fourth-order valence-electron chi connectivity index (χ4n) is 2.83. The van der Waals surface area contributed by atoms with Crippen LogP contribution in [0.2, 0.25) is 0 Å². The molecule has 1 aromatic carbocycles. The maximum absolute atomic E-state index is 12.1. The number of hydrazine groups is 1. The zero-order valence-corrected chi connectivity index (χ0v) is 13.0. The highest BCUT2D eigenvalue weighted by Gasteiger charge is 2.26. The highest BCUT2D eigenvalue weighted by Crippen LogP contribution is 2.14. The lowest BCUT2D eigenvalue weighted by Crippen LogP contribution is -2.39. The minimum atomic E-state index is -0.164. The molecule has 2 aliphatic rings. The molecular weight excluding hydrogens is 280 g/mol. The first-order chi connectivity index (χ1) is 10.7. The van der Waals surface area contributed by atoms with E-state index in [0.29, 0.717) is 6.04 Å². The number of rotatable bonds is 4. The summed E-state index contributed by atoms with van der Waals surface area (Å²) in [4.78, 5) is 14.5. The van der Waals surface area contributed by atoms with Crippen LogP contribution in [0.15, 0.2) is 24.3 Å². The second kappa shape index (κ2) is 7.19. The van der Waals surface area contributed by atoms with Crippen molar-refractivity contribution in [3.05, 3.63) is 29.8 Å². The molecule has 2 unspecified atom stereocenters. The van der Waals surface area contributed by atoms with E-state index in [2.05, 4.69) is 40.1 Å². The minimum Gasteiger partial charge on any atom is -0.379 e. The van der Waals surface area contributed by atoms with E-state index in [-0.39, 0.29) is 11.9 Å². The zero-order valence-electron chi connectivity index (χ0n) is 13.0. The SMILES string of the molecule is CC1CC(C(=O)Nc2ccc(CN3CCOCC3)cc2)NN1. The number of morpholine rings is 1. The number of amides is 1. The fraction of sp³-hybridized carbons (Fsp3) is 0.562. The molecular formula is C16H24N4O2. The molecule has 3 N–H and O–H groups in total. The molecule has 0 radical (unpaired) electrons. The van der Waals surface area contributed by atoms with E-state index >= 15 is 0 Å². The lowest BCUT2D eigenvalue weighted by molar-refractivity contribution is -0.117. The van der Waals surface area contributed by atoms with Crippen molar-refractivity contribution in [1.29, 1.82) is 0 Å². The Hall–Kier alpha value is -1.47. The van der Waals surface area contributed by atoms with E-state index in [1.54, 1.807) is 0 Å². The topological polar surface area (TPSA) is 65.6 Å². The number of ether oxygens (including phenoxy) is 1. The number of hydrogen-bond donors (Lipinski definition) is 3. The van der Waals surface area contributed by atoms with Gasteiger partial charge in [0.2, 0.25) is 5.91 Å². The van der Waals surface area contributed by atoms with Crippen LogP contribution in [0.1, 0.15) is 18.9 Å². The average molecular weight is 304 g/mol. The summed E-state index contributed by atoms with van der Waals surface area (Å²) in [6.45, 7) is 6.59. The van der Waals surface area contributed by atoms with Crippen molar-refractivity contribution in [3.8, 4) is 0 Å². The summed E-state index contributed by atoms with van der Waals surface area (Å²) >= 11 is 0. The summed E-state index contributed by atoms with van der Waals surface area (Å²) in [7, 11) is 0. The summed E-state index contributed by atoms with van der Waals surface area (Å²) in [5.41, 5.74) is 8.18. The third-order valence-corrected chi connectivity index (χ3v) is 4.14. The Morgan fingerprint density at radius 1 is 1.27 bits per heavy atom. The third-order valence-electron chi connectivity index (χ3n) is 4.14. The molecule has 2 atom stereocenters. The Bertz CT molecular complexity index is 499. The van der Waals surface area contributed by atoms with Crippen LogP contribution in [0, 0.1) is 0 Å². The molecule has 1 aromatic rings. The number of carbonyl (C=O) groups excluding carboxylic acids is 1. The molecule has 6 heteroatoms. The van der Waals surface area contributed by atoms with Gasteiger partial charge in [-0.1, -0.05) is 12.1 Å². The first-order valence-electron chi connectivity index (χ1n) is 7.91. The molecule has 3 rings (SSSR count). The van der Waals surface area contributed by atoms with Crippen LogP contribution in [0.5, 0.6) is 0 Å². The Kier molecular flexibility index (Phi) is 5.04. The summed E-state index contributed by atoms with van der Waals surface area (Å²) in [5, 5.41) is 2.96.